The van der Waals surface area contributed by atoms with E-state index < -0.39 is 21.8 Å². The van der Waals surface area contributed by atoms with Gasteiger partial charge in [0.25, 0.3) is 0 Å². The second-order valence-corrected chi connectivity index (χ2v) is 8.88. The van der Waals surface area contributed by atoms with Crippen molar-refractivity contribution in [1.29, 1.82) is 0 Å². The third kappa shape index (κ3) is 5.98. The van der Waals surface area contributed by atoms with Gasteiger partial charge in [-0.05, 0) is 61.1 Å². The zero-order valence-electron chi connectivity index (χ0n) is 15.8. The molecule has 2 aromatic rings. The molecule has 0 spiro atoms. The van der Waals surface area contributed by atoms with Gasteiger partial charge in [0.15, 0.2) is 0 Å². The molecule has 0 amide bonds. The van der Waals surface area contributed by atoms with Crippen molar-refractivity contribution in [3.8, 4) is 0 Å². The van der Waals surface area contributed by atoms with Crippen LogP contribution < -0.4 is 0 Å². The Balaban J connectivity index is 0.00000320. The molecule has 1 aliphatic heterocycles. The van der Waals surface area contributed by atoms with Gasteiger partial charge in [-0.2, -0.15) is 4.31 Å². The minimum atomic E-state index is -3.80. The zero-order chi connectivity index (χ0) is 20.9. The molecule has 0 radical (unpaired) electrons. The van der Waals surface area contributed by atoms with Gasteiger partial charge in [0.05, 0.1) is 10.9 Å². The molecule has 0 saturated carbocycles. The fourth-order valence-electron chi connectivity index (χ4n) is 3.67. The number of hydrogen-bond acceptors (Lipinski definition) is 4. The zero-order valence-corrected chi connectivity index (χ0v) is 16.6. The number of allylic oxidation sites excluding steroid dienone is 2. The van der Waals surface area contributed by atoms with Crippen molar-refractivity contribution in [3.63, 3.8) is 0 Å². The number of aliphatic carboxylic acids is 1. The number of rotatable bonds is 8. The fourth-order valence-corrected chi connectivity index (χ4v) is 5.36. The van der Waals surface area contributed by atoms with Crippen LogP contribution in [0.25, 0.3) is 0 Å². The second-order valence-electron chi connectivity index (χ2n) is 6.99. The number of carbonyl (C=O) groups is 1. The van der Waals surface area contributed by atoms with Crippen molar-refractivity contribution in [1.82, 2.24) is 9.29 Å². The summed E-state index contributed by atoms with van der Waals surface area (Å²) in [5.41, 5.74) is 0.805. The summed E-state index contributed by atoms with van der Waals surface area (Å²) < 4.78 is 41.2. The van der Waals surface area contributed by atoms with Gasteiger partial charge >= 0.3 is 35.5 Å². The van der Waals surface area contributed by atoms with Gasteiger partial charge < -0.3 is 5.11 Å². The average Bonchev–Trinajstić information content (AvgIpc) is 3.13. The average molecular weight is 442 g/mol. The molecule has 3 rings (SSSR count). The third-order valence-electron chi connectivity index (χ3n) is 5.05. The van der Waals surface area contributed by atoms with Crippen LogP contribution in [0, 0.1) is 11.7 Å². The van der Waals surface area contributed by atoms with E-state index in [2.05, 4.69) is 4.98 Å². The minimum absolute atomic E-state index is 0. The number of sulfonamides is 1. The van der Waals surface area contributed by atoms with Crippen LogP contribution in [0.15, 0.2) is 65.8 Å². The normalized spacial score (nSPS) is 19.6. The molecule has 2 unspecified atom stereocenters. The summed E-state index contributed by atoms with van der Waals surface area (Å²) in [4.78, 5) is 14.8. The molecule has 1 aliphatic rings. The summed E-state index contributed by atoms with van der Waals surface area (Å²) in [6.45, 7) is 0.354. The van der Waals surface area contributed by atoms with Gasteiger partial charge in [0.2, 0.25) is 10.0 Å². The van der Waals surface area contributed by atoms with Crippen molar-refractivity contribution < 1.29 is 22.7 Å². The van der Waals surface area contributed by atoms with Crippen molar-refractivity contribution in [2.75, 3.05) is 6.54 Å². The molecule has 1 aromatic heterocycles. The first-order valence-electron chi connectivity index (χ1n) is 9.43. The van der Waals surface area contributed by atoms with E-state index in [1.165, 1.54) is 16.4 Å². The van der Waals surface area contributed by atoms with Gasteiger partial charge in [-0.15, -0.1) is 0 Å². The number of benzene rings is 1. The number of hydrogen-bond donors (Lipinski definition) is 1. The molecule has 0 bridgehead atoms. The molecule has 0 aliphatic carbocycles. The van der Waals surface area contributed by atoms with E-state index in [1.54, 1.807) is 18.5 Å². The van der Waals surface area contributed by atoms with Crippen LogP contribution in [0.2, 0.25) is 0 Å². The Morgan fingerprint density at radius 3 is 2.60 bits per heavy atom. The van der Waals surface area contributed by atoms with Gasteiger partial charge in [0, 0.05) is 25.4 Å². The van der Waals surface area contributed by atoms with E-state index in [4.69, 9.17) is 5.11 Å². The number of carboxylic acid groups (broad SMARTS) is 1. The van der Waals surface area contributed by atoms with E-state index in [0.29, 0.717) is 25.8 Å². The Hall–Kier alpha value is -1.58. The van der Waals surface area contributed by atoms with E-state index in [9.17, 15) is 17.6 Å². The van der Waals surface area contributed by atoms with Crippen molar-refractivity contribution in [2.24, 2.45) is 5.92 Å². The van der Waals surface area contributed by atoms with Gasteiger partial charge in [0.1, 0.15) is 5.82 Å². The fraction of sp³-hybridized carbons (Fsp3) is 0.333. The molecule has 1 aromatic carbocycles. The topological polar surface area (TPSA) is 87.6 Å². The van der Waals surface area contributed by atoms with Crippen LogP contribution in [0.1, 0.15) is 37.3 Å². The van der Waals surface area contributed by atoms with Gasteiger partial charge in [-0.3, -0.25) is 9.78 Å². The van der Waals surface area contributed by atoms with E-state index in [-0.39, 0.29) is 52.8 Å². The maximum atomic E-state index is 13.2. The van der Waals surface area contributed by atoms with Gasteiger partial charge in [-0.25, -0.2) is 12.8 Å². The Morgan fingerprint density at radius 1 is 1.23 bits per heavy atom. The van der Waals surface area contributed by atoms with E-state index >= 15 is 0 Å². The summed E-state index contributed by atoms with van der Waals surface area (Å²) in [5.74, 6) is -1.30. The quantitative estimate of drug-likeness (QED) is 0.501. The molecule has 30 heavy (non-hydrogen) atoms. The second kappa shape index (κ2) is 11.2. The van der Waals surface area contributed by atoms with Crippen LogP contribution >= 0.6 is 0 Å². The number of pyridine rings is 1. The maximum absolute atomic E-state index is 13.2. The Morgan fingerprint density at radius 2 is 1.97 bits per heavy atom. The Bertz CT molecular complexity index is 968. The summed E-state index contributed by atoms with van der Waals surface area (Å²) in [7, 11) is -3.80. The molecule has 9 heteroatoms. The molecule has 1 saturated heterocycles. The molecule has 1 fully saturated rings. The molecule has 156 valence electrons. The number of nitrogens with zero attached hydrogens (tertiary/aromatic N) is 2. The predicted octanol–water partition coefficient (Wildman–Crippen LogP) is 3.14. The number of carboxylic acids is 1. The van der Waals surface area contributed by atoms with Crippen LogP contribution in [-0.4, -0.2) is 64.9 Å². The first-order chi connectivity index (χ1) is 13.9. The number of halogens is 1. The summed E-state index contributed by atoms with van der Waals surface area (Å²) in [6.07, 6.45) is 8.87. The molecular formula is C21H24FN2NaO4S. The van der Waals surface area contributed by atoms with Crippen molar-refractivity contribution in [3.05, 3.63) is 72.3 Å². The van der Waals surface area contributed by atoms with Crippen molar-refractivity contribution >= 4 is 45.5 Å². The third-order valence-corrected chi connectivity index (χ3v) is 6.95. The summed E-state index contributed by atoms with van der Waals surface area (Å²) >= 11 is 0. The number of aromatic nitrogens is 1. The first kappa shape index (κ1) is 24.7. The van der Waals surface area contributed by atoms with Crippen LogP contribution in [0.3, 0.4) is 0 Å². The van der Waals surface area contributed by atoms with Crippen LogP contribution in [-0.2, 0) is 14.8 Å². The van der Waals surface area contributed by atoms with Gasteiger partial charge in [-0.1, -0.05) is 18.2 Å². The molecular weight excluding hydrogens is 418 g/mol. The summed E-state index contributed by atoms with van der Waals surface area (Å²) in [5, 5.41) is 8.73. The SMILES string of the molecule is O=C(O)CC/C=C\CC1CCN(S(=O)(=O)c2ccc(F)cc2)C1c1cccnc1.[NaH]. The van der Waals surface area contributed by atoms with Crippen molar-refractivity contribution in [2.45, 2.75) is 36.6 Å². The Kier molecular flexibility index (Phi) is 9.18. The van der Waals surface area contributed by atoms with E-state index in [1.807, 2.05) is 18.2 Å². The molecule has 2 atom stereocenters. The molecule has 1 N–H and O–H groups in total. The van der Waals surface area contributed by atoms with Crippen LogP contribution in [0.5, 0.6) is 0 Å². The monoisotopic (exact) mass is 442 g/mol. The molecule has 2 heterocycles. The molecule has 6 nitrogen and oxygen atoms in total. The summed E-state index contributed by atoms with van der Waals surface area (Å²) in [6, 6.07) is 8.10. The first-order valence-corrected chi connectivity index (χ1v) is 10.9. The standard InChI is InChI=1S/C21H23FN2O4S.Na.H/c22-18-8-10-19(11-9-18)29(27,28)24-14-12-16(5-2-1-3-7-20(25)26)21(24)17-6-4-13-23-15-17;;/h1-2,4,6,8-11,13,15-16,21H,3,5,7,12,14H2,(H,25,26);;/b2-1-;;. The Labute approximate surface area is 198 Å². The predicted molar refractivity (Wildman–Crippen MR) is 113 cm³/mol. The van der Waals surface area contributed by atoms with Crippen LogP contribution in [0.4, 0.5) is 4.39 Å². The van der Waals surface area contributed by atoms with E-state index in [0.717, 1.165) is 17.7 Å².